The second kappa shape index (κ2) is 8.55. The molecule has 0 bridgehead atoms. The van der Waals surface area contributed by atoms with E-state index in [1.165, 1.54) is 0 Å². The number of carbonyl (C=O) groups is 2. The van der Waals surface area contributed by atoms with Crippen LogP contribution in [0.25, 0.3) is 0 Å². The van der Waals surface area contributed by atoms with E-state index in [9.17, 15) is 9.59 Å². The van der Waals surface area contributed by atoms with Gasteiger partial charge in [0.25, 0.3) is 0 Å². The zero-order valence-corrected chi connectivity index (χ0v) is 17.4. The second-order valence-electron chi connectivity index (χ2n) is 7.61. The molecule has 6 nitrogen and oxygen atoms in total. The van der Waals surface area contributed by atoms with Crippen LogP contribution in [-0.2, 0) is 16.0 Å². The van der Waals surface area contributed by atoms with Gasteiger partial charge in [-0.2, -0.15) is 0 Å². The summed E-state index contributed by atoms with van der Waals surface area (Å²) in [7, 11) is 3.19. The molecule has 0 radical (unpaired) electrons. The van der Waals surface area contributed by atoms with Crippen LogP contribution in [0.15, 0.2) is 36.4 Å². The lowest BCUT2D eigenvalue weighted by atomic mass is 10.0. The lowest BCUT2D eigenvalue weighted by Crippen LogP contribution is -2.40. The van der Waals surface area contributed by atoms with E-state index >= 15 is 0 Å². The van der Waals surface area contributed by atoms with E-state index in [4.69, 9.17) is 9.47 Å². The summed E-state index contributed by atoms with van der Waals surface area (Å²) >= 11 is 0. The molecule has 6 heteroatoms. The smallest absolute Gasteiger partial charge is 0.240 e. The van der Waals surface area contributed by atoms with Crippen molar-refractivity contribution in [2.45, 2.75) is 33.1 Å². The average Bonchev–Trinajstić information content (AvgIpc) is 3.49. The van der Waals surface area contributed by atoms with Gasteiger partial charge in [-0.15, -0.1) is 0 Å². The molecule has 0 atom stereocenters. The summed E-state index contributed by atoms with van der Waals surface area (Å²) in [4.78, 5) is 25.4. The first-order valence-electron chi connectivity index (χ1n) is 9.77. The maximum Gasteiger partial charge on any atom is 0.240 e. The average molecular weight is 396 g/mol. The molecule has 1 aliphatic carbocycles. The molecule has 3 rings (SSSR count). The minimum absolute atomic E-state index is 0.208. The lowest BCUT2D eigenvalue weighted by molar-refractivity contribution is -0.134. The Morgan fingerprint density at radius 1 is 0.931 bits per heavy atom. The monoisotopic (exact) mass is 396 g/mol. The molecule has 2 aromatic rings. The van der Waals surface area contributed by atoms with Gasteiger partial charge in [-0.3, -0.25) is 9.59 Å². The maximum atomic E-state index is 12.7. The fourth-order valence-corrected chi connectivity index (χ4v) is 3.51. The first kappa shape index (κ1) is 20.7. The summed E-state index contributed by atoms with van der Waals surface area (Å²) in [6.07, 6.45) is 1.79. The fraction of sp³-hybridized carbons (Fsp3) is 0.391. The molecule has 2 N–H and O–H groups in total. The number of hydrogen-bond acceptors (Lipinski definition) is 4. The number of aryl methyl sites for hydroxylation is 2. The molecular weight excluding hydrogens is 368 g/mol. The van der Waals surface area contributed by atoms with E-state index in [1.807, 2.05) is 50.2 Å². The zero-order chi connectivity index (χ0) is 21.0. The normalized spacial score (nSPS) is 14.1. The standard InChI is InChI=1S/C23H28N2O4/c1-15-11-16(2)13-18(12-15)25-22(27)23(8-9-23)21(26)24-10-7-17-5-6-19(28-3)20(14-17)29-4/h5-6,11-14H,7-10H2,1-4H3,(H,24,26)(H,25,27). The van der Waals surface area contributed by atoms with Crippen molar-refractivity contribution in [3.05, 3.63) is 53.1 Å². The number of benzene rings is 2. The van der Waals surface area contributed by atoms with Gasteiger partial charge in [-0.05, 0) is 74.1 Å². The van der Waals surface area contributed by atoms with Crippen LogP contribution in [-0.4, -0.2) is 32.6 Å². The van der Waals surface area contributed by atoms with Crippen LogP contribution in [0, 0.1) is 19.3 Å². The van der Waals surface area contributed by atoms with Crippen molar-refractivity contribution in [2.24, 2.45) is 5.41 Å². The minimum Gasteiger partial charge on any atom is -0.493 e. The van der Waals surface area contributed by atoms with Crippen molar-refractivity contribution >= 4 is 17.5 Å². The Morgan fingerprint density at radius 3 is 2.17 bits per heavy atom. The van der Waals surface area contributed by atoms with E-state index in [0.717, 1.165) is 22.4 Å². The third kappa shape index (κ3) is 4.70. The van der Waals surface area contributed by atoms with E-state index in [-0.39, 0.29) is 11.8 Å². The number of carbonyl (C=O) groups excluding carboxylic acids is 2. The van der Waals surface area contributed by atoms with Crippen LogP contribution in [0.3, 0.4) is 0 Å². The first-order chi connectivity index (χ1) is 13.9. The Labute approximate surface area is 171 Å². The van der Waals surface area contributed by atoms with Crippen LogP contribution in [0.1, 0.15) is 29.5 Å². The molecule has 0 saturated heterocycles. The highest BCUT2D eigenvalue weighted by Gasteiger charge is 2.56. The quantitative estimate of drug-likeness (QED) is 0.671. The van der Waals surface area contributed by atoms with Crippen LogP contribution in [0.2, 0.25) is 0 Å². The molecule has 1 fully saturated rings. The van der Waals surface area contributed by atoms with Gasteiger partial charge in [0.15, 0.2) is 11.5 Å². The van der Waals surface area contributed by atoms with Crippen LogP contribution >= 0.6 is 0 Å². The number of hydrogen-bond donors (Lipinski definition) is 2. The lowest BCUT2D eigenvalue weighted by Gasteiger charge is -2.16. The molecule has 0 aliphatic heterocycles. The number of nitrogens with one attached hydrogen (secondary N) is 2. The highest BCUT2D eigenvalue weighted by molar-refractivity contribution is 6.13. The summed E-state index contributed by atoms with van der Waals surface area (Å²) in [6.45, 7) is 4.42. The Kier molecular flexibility index (Phi) is 6.11. The Hall–Kier alpha value is -3.02. The van der Waals surface area contributed by atoms with Crippen molar-refractivity contribution in [1.82, 2.24) is 5.32 Å². The molecule has 2 aromatic carbocycles. The summed E-state index contributed by atoms with van der Waals surface area (Å²) in [5.41, 5.74) is 2.95. The number of methoxy groups -OCH3 is 2. The van der Waals surface area contributed by atoms with Crippen molar-refractivity contribution in [3.63, 3.8) is 0 Å². The number of ether oxygens (including phenoxy) is 2. The van der Waals surface area contributed by atoms with Gasteiger partial charge in [-0.25, -0.2) is 0 Å². The van der Waals surface area contributed by atoms with Crippen LogP contribution < -0.4 is 20.1 Å². The molecule has 0 aromatic heterocycles. The van der Waals surface area contributed by atoms with Gasteiger partial charge in [0, 0.05) is 12.2 Å². The Morgan fingerprint density at radius 2 is 1.59 bits per heavy atom. The largest absolute Gasteiger partial charge is 0.493 e. The maximum absolute atomic E-state index is 12.7. The number of anilines is 1. The van der Waals surface area contributed by atoms with E-state index in [0.29, 0.717) is 37.3 Å². The SMILES string of the molecule is COc1ccc(CCNC(=O)C2(C(=O)Nc3cc(C)cc(C)c3)CC2)cc1OC. The van der Waals surface area contributed by atoms with Crippen molar-refractivity contribution in [3.8, 4) is 11.5 Å². The third-order valence-electron chi connectivity index (χ3n) is 5.25. The van der Waals surface area contributed by atoms with Gasteiger partial charge in [0.2, 0.25) is 11.8 Å². The van der Waals surface area contributed by atoms with Crippen LogP contribution in [0.5, 0.6) is 11.5 Å². The Balaban J connectivity index is 1.56. The topological polar surface area (TPSA) is 76.7 Å². The molecule has 154 valence electrons. The van der Waals surface area contributed by atoms with Crippen molar-refractivity contribution in [2.75, 3.05) is 26.1 Å². The highest BCUT2D eigenvalue weighted by Crippen LogP contribution is 2.46. The summed E-state index contributed by atoms with van der Waals surface area (Å²) in [5.74, 6) is 0.883. The highest BCUT2D eigenvalue weighted by atomic mass is 16.5. The zero-order valence-electron chi connectivity index (χ0n) is 17.4. The Bertz CT molecular complexity index is 899. The van der Waals surface area contributed by atoms with Gasteiger partial charge in [0.05, 0.1) is 14.2 Å². The molecule has 2 amide bonds. The number of amides is 2. The minimum atomic E-state index is -0.949. The predicted molar refractivity (Wildman–Crippen MR) is 112 cm³/mol. The first-order valence-corrected chi connectivity index (χ1v) is 9.77. The van der Waals surface area contributed by atoms with Crippen LogP contribution in [0.4, 0.5) is 5.69 Å². The van der Waals surface area contributed by atoms with Gasteiger partial charge in [-0.1, -0.05) is 12.1 Å². The van der Waals surface area contributed by atoms with E-state index in [1.54, 1.807) is 14.2 Å². The van der Waals surface area contributed by atoms with Crippen molar-refractivity contribution in [1.29, 1.82) is 0 Å². The van der Waals surface area contributed by atoms with E-state index in [2.05, 4.69) is 10.6 Å². The third-order valence-corrected chi connectivity index (χ3v) is 5.25. The molecule has 1 aliphatic rings. The molecule has 0 unspecified atom stereocenters. The van der Waals surface area contributed by atoms with Gasteiger partial charge >= 0.3 is 0 Å². The molecule has 0 heterocycles. The van der Waals surface area contributed by atoms with Crippen molar-refractivity contribution < 1.29 is 19.1 Å². The second-order valence-corrected chi connectivity index (χ2v) is 7.61. The molecular formula is C23H28N2O4. The molecule has 0 spiro atoms. The van der Waals surface area contributed by atoms with Gasteiger partial charge < -0.3 is 20.1 Å². The molecule has 29 heavy (non-hydrogen) atoms. The van der Waals surface area contributed by atoms with Gasteiger partial charge in [0.1, 0.15) is 5.41 Å². The van der Waals surface area contributed by atoms with E-state index < -0.39 is 5.41 Å². The fourth-order valence-electron chi connectivity index (χ4n) is 3.51. The summed E-state index contributed by atoms with van der Waals surface area (Å²) in [6, 6.07) is 11.5. The predicted octanol–water partition coefficient (Wildman–Crippen LogP) is 3.40. The molecule has 1 saturated carbocycles. The summed E-state index contributed by atoms with van der Waals surface area (Å²) < 4.78 is 10.5. The summed E-state index contributed by atoms with van der Waals surface area (Å²) in [5, 5.41) is 5.83. The number of rotatable bonds is 8.